The molecule has 0 spiro atoms. The third-order valence-corrected chi connectivity index (χ3v) is 3.45. The van der Waals surface area contributed by atoms with Gasteiger partial charge in [0.1, 0.15) is 17.2 Å². The maximum absolute atomic E-state index is 10.1. The lowest BCUT2D eigenvalue weighted by Crippen LogP contribution is -2.31. The van der Waals surface area contributed by atoms with Crippen molar-refractivity contribution in [2.45, 2.75) is 19.8 Å². The normalized spacial score (nSPS) is 11.6. The van der Waals surface area contributed by atoms with Crippen molar-refractivity contribution in [2.24, 2.45) is 10.8 Å². The molecule has 23 heavy (non-hydrogen) atoms. The number of amidine groups is 1. The van der Waals surface area contributed by atoms with E-state index in [0.29, 0.717) is 22.6 Å². The summed E-state index contributed by atoms with van der Waals surface area (Å²) in [4.78, 5) is 4.41. The lowest BCUT2D eigenvalue weighted by Gasteiger charge is -2.14. The first-order chi connectivity index (χ1) is 11.0. The zero-order valence-electron chi connectivity index (χ0n) is 13.4. The molecule has 0 saturated carbocycles. The molecule has 0 atom stereocenters. The number of methoxy groups -OCH3 is 1. The van der Waals surface area contributed by atoms with Crippen LogP contribution in [0.15, 0.2) is 41.4 Å². The third kappa shape index (κ3) is 3.73. The molecule has 2 aromatic rings. The van der Waals surface area contributed by atoms with Crippen molar-refractivity contribution in [3.05, 3.63) is 47.5 Å². The van der Waals surface area contributed by atoms with Crippen LogP contribution in [-0.2, 0) is 0 Å². The summed E-state index contributed by atoms with van der Waals surface area (Å²) in [5.41, 5.74) is 4.23. The van der Waals surface area contributed by atoms with Crippen molar-refractivity contribution in [1.82, 2.24) is 5.43 Å². The maximum Gasteiger partial charge on any atom is 0.151 e. The van der Waals surface area contributed by atoms with Gasteiger partial charge in [-0.05, 0) is 29.7 Å². The van der Waals surface area contributed by atoms with E-state index in [2.05, 4.69) is 10.4 Å². The molecule has 122 valence electrons. The van der Waals surface area contributed by atoms with Crippen LogP contribution in [0.2, 0.25) is 0 Å². The van der Waals surface area contributed by atoms with Gasteiger partial charge in [0.05, 0.1) is 18.4 Å². The molecule has 0 saturated heterocycles. The van der Waals surface area contributed by atoms with E-state index in [1.165, 1.54) is 6.07 Å². The van der Waals surface area contributed by atoms with Crippen LogP contribution in [0.5, 0.6) is 17.2 Å². The summed E-state index contributed by atoms with van der Waals surface area (Å²) in [7, 11) is 1.58. The number of benzene rings is 2. The van der Waals surface area contributed by atoms with Crippen molar-refractivity contribution < 1.29 is 14.9 Å². The minimum Gasteiger partial charge on any atom is -0.508 e. The number of ether oxygens (including phenoxy) is 1. The molecule has 2 aromatic carbocycles. The van der Waals surface area contributed by atoms with Gasteiger partial charge in [-0.1, -0.05) is 19.9 Å². The van der Waals surface area contributed by atoms with E-state index in [1.54, 1.807) is 25.3 Å². The van der Waals surface area contributed by atoms with Gasteiger partial charge in [-0.3, -0.25) is 0 Å². The van der Waals surface area contributed by atoms with Crippen LogP contribution in [0.25, 0.3) is 0 Å². The molecule has 0 aromatic heterocycles. The van der Waals surface area contributed by atoms with Gasteiger partial charge in [0.2, 0.25) is 0 Å². The fourth-order valence-corrected chi connectivity index (χ4v) is 2.23. The first kappa shape index (κ1) is 16.6. The Hall–Kier alpha value is -2.73. The number of nitrogens with zero attached hydrogens (tertiary/aromatic N) is 1. The van der Waals surface area contributed by atoms with Crippen LogP contribution >= 0.6 is 0 Å². The summed E-state index contributed by atoms with van der Waals surface area (Å²) in [5, 5.41) is 20.0. The Labute approximate surface area is 135 Å². The summed E-state index contributed by atoms with van der Waals surface area (Å²) in [6, 6.07) is 10.1. The molecule has 0 aliphatic rings. The monoisotopic (exact) mass is 315 g/mol. The summed E-state index contributed by atoms with van der Waals surface area (Å²) >= 11 is 0. The molecule has 6 nitrogen and oxygen atoms in total. The van der Waals surface area contributed by atoms with Gasteiger partial charge in [0.25, 0.3) is 0 Å². The molecule has 0 aliphatic heterocycles. The number of phenols is 2. The van der Waals surface area contributed by atoms with Gasteiger partial charge < -0.3 is 20.4 Å². The Balaban J connectivity index is 2.52. The van der Waals surface area contributed by atoms with Gasteiger partial charge in [0.15, 0.2) is 5.84 Å². The zero-order valence-corrected chi connectivity index (χ0v) is 13.4. The number of rotatable bonds is 4. The average molecular weight is 315 g/mol. The smallest absolute Gasteiger partial charge is 0.151 e. The van der Waals surface area contributed by atoms with Crippen molar-refractivity contribution in [3.63, 3.8) is 0 Å². The van der Waals surface area contributed by atoms with Gasteiger partial charge >= 0.3 is 0 Å². The quantitative estimate of drug-likeness (QED) is 0.301. The van der Waals surface area contributed by atoms with Crippen LogP contribution in [-0.4, -0.2) is 23.2 Å². The largest absolute Gasteiger partial charge is 0.508 e. The van der Waals surface area contributed by atoms with Crippen LogP contribution in [0, 0.1) is 0 Å². The van der Waals surface area contributed by atoms with Crippen molar-refractivity contribution >= 4 is 11.5 Å². The van der Waals surface area contributed by atoms with Gasteiger partial charge in [-0.2, -0.15) is 0 Å². The number of nitrogens with one attached hydrogen (secondary N) is 1. The molecule has 0 amide bonds. The Morgan fingerprint density at radius 3 is 2.52 bits per heavy atom. The van der Waals surface area contributed by atoms with E-state index in [0.717, 1.165) is 0 Å². The van der Waals surface area contributed by atoms with Crippen LogP contribution in [0.4, 0.5) is 5.69 Å². The molecular formula is C17H21N3O3. The highest BCUT2D eigenvalue weighted by molar-refractivity contribution is 6.02. The Morgan fingerprint density at radius 2 is 1.91 bits per heavy atom. The first-order valence-electron chi connectivity index (χ1n) is 7.21. The Kier molecular flexibility index (Phi) is 5.08. The van der Waals surface area contributed by atoms with E-state index in [1.807, 2.05) is 26.0 Å². The first-order valence-corrected chi connectivity index (χ1v) is 7.21. The van der Waals surface area contributed by atoms with Crippen LogP contribution in [0.1, 0.15) is 30.9 Å². The fraction of sp³-hybridized carbons (Fsp3) is 0.235. The standard InChI is InChI=1S/C17H21N3O3/c1-10(2)13-8-14(16(22)9-15(13)21)17(20-18)19-11-5-4-6-12(7-11)23-3/h4-10,21-22H,18H2,1-3H3,(H,19,20). The fourth-order valence-electron chi connectivity index (χ4n) is 2.23. The second kappa shape index (κ2) is 7.02. The molecule has 5 N–H and O–H groups in total. The van der Waals surface area contributed by atoms with E-state index >= 15 is 0 Å². The molecule has 0 aliphatic carbocycles. The number of hydrogen-bond acceptors (Lipinski definition) is 5. The lowest BCUT2D eigenvalue weighted by atomic mass is 9.98. The molecule has 0 heterocycles. The summed E-state index contributed by atoms with van der Waals surface area (Å²) in [6.07, 6.45) is 0. The Bertz CT molecular complexity index is 727. The number of aromatic hydroxyl groups is 2. The number of hydrazine groups is 1. The van der Waals surface area contributed by atoms with E-state index < -0.39 is 0 Å². The molecular weight excluding hydrogens is 294 g/mol. The highest BCUT2D eigenvalue weighted by atomic mass is 16.5. The van der Waals surface area contributed by atoms with Crippen molar-refractivity contribution in [3.8, 4) is 17.2 Å². The molecule has 0 radical (unpaired) electrons. The number of phenolic OH excluding ortho intramolecular Hbond substituents is 2. The SMILES string of the molecule is COc1cccc(N=C(NN)c2cc(C(C)C)c(O)cc2O)c1. The highest BCUT2D eigenvalue weighted by Gasteiger charge is 2.15. The minimum absolute atomic E-state index is 0.0407. The average Bonchev–Trinajstić information content (AvgIpc) is 2.53. The van der Waals surface area contributed by atoms with Gasteiger partial charge in [0, 0.05) is 12.1 Å². The van der Waals surface area contributed by atoms with Gasteiger partial charge in [-0.15, -0.1) is 0 Å². The van der Waals surface area contributed by atoms with Crippen molar-refractivity contribution in [2.75, 3.05) is 7.11 Å². The van der Waals surface area contributed by atoms with E-state index in [9.17, 15) is 10.2 Å². The molecule has 2 rings (SSSR count). The van der Waals surface area contributed by atoms with E-state index in [4.69, 9.17) is 10.6 Å². The van der Waals surface area contributed by atoms with E-state index in [-0.39, 0.29) is 23.3 Å². The zero-order chi connectivity index (χ0) is 17.0. The minimum atomic E-state index is -0.105. The van der Waals surface area contributed by atoms with Crippen LogP contribution in [0.3, 0.4) is 0 Å². The van der Waals surface area contributed by atoms with Gasteiger partial charge in [-0.25, -0.2) is 10.8 Å². The molecule has 0 fully saturated rings. The number of aliphatic imine (C=N–C) groups is 1. The third-order valence-electron chi connectivity index (χ3n) is 3.45. The topological polar surface area (TPSA) is 100 Å². The molecule has 0 unspecified atom stereocenters. The predicted octanol–water partition coefficient (Wildman–Crippen LogP) is 2.77. The number of hydrogen-bond donors (Lipinski definition) is 4. The maximum atomic E-state index is 10.1. The van der Waals surface area contributed by atoms with Crippen molar-refractivity contribution in [1.29, 1.82) is 0 Å². The second-order valence-corrected chi connectivity index (χ2v) is 5.39. The lowest BCUT2D eigenvalue weighted by molar-refractivity contribution is 0.415. The number of nitrogens with two attached hydrogens (primary N) is 1. The second-order valence-electron chi connectivity index (χ2n) is 5.39. The van der Waals surface area contributed by atoms with Crippen LogP contribution < -0.4 is 16.0 Å². The summed E-state index contributed by atoms with van der Waals surface area (Å²) in [5.74, 6) is 6.55. The summed E-state index contributed by atoms with van der Waals surface area (Å²) < 4.78 is 5.16. The molecule has 6 heteroatoms. The Morgan fingerprint density at radius 1 is 1.17 bits per heavy atom. The molecule has 0 bridgehead atoms. The summed E-state index contributed by atoms with van der Waals surface area (Å²) in [6.45, 7) is 3.90. The highest BCUT2D eigenvalue weighted by Crippen LogP contribution is 2.32. The predicted molar refractivity (Wildman–Crippen MR) is 90.4 cm³/mol.